The van der Waals surface area contributed by atoms with Crippen LogP contribution in [0.2, 0.25) is 0 Å². The van der Waals surface area contributed by atoms with Crippen LogP contribution in [0.25, 0.3) is 77.3 Å². The minimum Gasteiger partial charge on any atom is -0.456 e. The number of fused-ring (bicyclic) bond motifs is 14. The van der Waals surface area contributed by atoms with Crippen molar-refractivity contribution in [2.24, 2.45) is 11.8 Å². The lowest BCUT2D eigenvalue weighted by Gasteiger charge is -2.34. The van der Waals surface area contributed by atoms with Crippen LogP contribution in [-0.2, 0) is 5.41 Å². The smallest absolute Gasteiger partial charge is 0.140 e. The minimum absolute atomic E-state index is 0.272. The van der Waals surface area contributed by atoms with Crippen LogP contribution in [0.5, 0.6) is 0 Å². The molecule has 0 saturated heterocycles. The van der Waals surface area contributed by atoms with E-state index in [9.17, 15) is 0 Å². The summed E-state index contributed by atoms with van der Waals surface area (Å²) in [7, 11) is 0. The van der Waals surface area contributed by atoms with Crippen LogP contribution >= 0.6 is 0 Å². The Kier molecular flexibility index (Phi) is 5.29. The van der Waals surface area contributed by atoms with E-state index in [0.717, 1.165) is 17.6 Å². The fourth-order valence-corrected chi connectivity index (χ4v) is 10.6. The molecular weight excluding hydrogens is 619 g/mol. The molecule has 4 aliphatic rings. The van der Waals surface area contributed by atoms with Crippen LogP contribution in [0.4, 0.5) is 0 Å². The summed E-state index contributed by atoms with van der Waals surface area (Å²) in [5, 5.41) is 4.96. The molecule has 8 aromatic rings. The predicted octanol–water partition coefficient (Wildman–Crippen LogP) is 12.9. The number of furan rings is 1. The Bertz CT molecular complexity index is 2940. The van der Waals surface area contributed by atoms with Crippen molar-refractivity contribution in [3.05, 3.63) is 167 Å². The molecule has 2 nitrogen and oxygen atoms in total. The van der Waals surface area contributed by atoms with Gasteiger partial charge in [0.05, 0.1) is 11.0 Å². The van der Waals surface area contributed by atoms with Crippen LogP contribution in [0.3, 0.4) is 0 Å². The van der Waals surface area contributed by atoms with Gasteiger partial charge >= 0.3 is 0 Å². The SMILES string of the molecule is CC1(C)c2c(ccc3c2oc2ccccc23)-c2ccc3c4ccccc4n(-c4ccc(C5=CC=C6c7ccccc7C7=CCCC5C67)cc4)c3c21. The molecule has 242 valence electrons. The molecule has 2 atom stereocenters. The highest BCUT2D eigenvalue weighted by Gasteiger charge is 2.43. The third-order valence-corrected chi connectivity index (χ3v) is 12.7. The zero-order chi connectivity index (χ0) is 33.6. The summed E-state index contributed by atoms with van der Waals surface area (Å²) in [5.74, 6) is 0.979. The van der Waals surface area contributed by atoms with E-state index in [1.165, 1.54) is 100 Å². The zero-order valence-electron chi connectivity index (χ0n) is 28.7. The van der Waals surface area contributed by atoms with Crippen molar-refractivity contribution >= 4 is 60.5 Å². The van der Waals surface area contributed by atoms with Gasteiger partial charge in [-0.3, -0.25) is 0 Å². The van der Waals surface area contributed by atoms with Crippen LogP contribution in [0.1, 0.15) is 54.5 Å². The number of allylic oxidation sites excluding steroid dienone is 6. The van der Waals surface area contributed by atoms with Crippen LogP contribution in [0.15, 0.2) is 144 Å². The molecule has 6 aromatic carbocycles. The Labute approximate surface area is 296 Å². The molecule has 0 fully saturated rings. The molecule has 0 bridgehead atoms. The molecule has 0 N–H and O–H groups in total. The van der Waals surface area contributed by atoms with Crippen molar-refractivity contribution in [2.45, 2.75) is 32.1 Å². The van der Waals surface area contributed by atoms with Gasteiger partial charge < -0.3 is 8.98 Å². The first-order valence-corrected chi connectivity index (χ1v) is 18.4. The van der Waals surface area contributed by atoms with Crippen molar-refractivity contribution in [1.82, 2.24) is 4.57 Å². The summed E-state index contributed by atoms with van der Waals surface area (Å²) in [4.78, 5) is 0. The van der Waals surface area contributed by atoms with Gasteiger partial charge in [-0.1, -0.05) is 123 Å². The average molecular weight is 654 g/mol. The average Bonchev–Trinajstić information content (AvgIpc) is 3.88. The third kappa shape index (κ3) is 3.48. The largest absolute Gasteiger partial charge is 0.456 e. The Balaban J connectivity index is 1.04. The Morgan fingerprint density at radius 2 is 1.27 bits per heavy atom. The number of benzene rings is 6. The second kappa shape index (κ2) is 9.68. The number of nitrogens with zero attached hydrogens (tertiary/aromatic N) is 1. The summed E-state index contributed by atoms with van der Waals surface area (Å²) in [6.07, 6.45) is 9.66. The van der Waals surface area contributed by atoms with E-state index < -0.39 is 0 Å². The van der Waals surface area contributed by atoms with Crippen molar-refractivity contribution in [3.8, 4) is 16.8 Å². The second-order valence-corrected chi connectivity index (χ2v) is 15.5. The van der Waals surface area contributed by atoms with Gasteiger partial charge in [0.2, 0.25) is 0 Å². The summed E-state index contributed by atoms with van der Waals surface area (Å²) in [6.45, 7) is 4.78. The zero-order valence-corrected chi connectivity index (χ0v) is 28.7. The first kappa shape index (κ1) is 27.9. The quantitative estimate of drug-likeness (QED) is 0.182. The molecule has 0 spiro atoms. The summed E-state index contributed by atoms with van der Waals surface area (Å²) in [6, 6.07) is 45.1. The molecule has 2 aromatic heterocycles. The molecule has 0 saturated carbocycles. The van der Waals surface area contributed by atoms with Crippen molar-refractivity contribution < 1.29 is 4.42 Å². The summed E-state index contributed by atoms with van der Waals surface area (Å²) >= 11 is 0. The monoisotopic (exact) mass is 653 g/mol. The first-order valence-electron chi connectivity index (χ1n) is 18.4. The molecule has 0 radical (unpaired) electrons. The van der Waals surface area contributed by atoms with E-state index in [4.69, 9.17) is 4.42 Å². The highest BCUT2D eigenvalue weighted by Crippen LogP contribution is 2.58. The fourth-order valence-electron chi connectivity index (χ4n) is 10.6. The number of rotatable bonds is 2. The van der Waals surface area contributed by atoms with Gasteiger partial charge in [-0.25, -0.2) is 0 Å². The van der Waals surface area contributed by atoms with E-state index in [2.05, 4.69) is 158 Å². The van der Waals surface area contributed by atoms with Gasteiger partial charge in [0, 0.05) is 44.1 Å². The fraction of sp³-hybridized carbons (Fsp3) is 0.143. The van der Waals surface area contributed by atoms with Gasteiger partial charge in [0.1, 0.15) is 11.2 Å². The van der Waals surface area contributed by atoms with Gasteiger partial charge in [-0.05, 0) is 99.2 Å². The van der Waals surface area contributed by atoms with E-state index in [1.54, 1.807) is 0 Å². The van der Waals surface area contributed by atoms with Crippen LogP contribution < -0.4 is 0 Å². The first-order chi connectivity index (χ1) is 25.1. The number of aromatic nitrogens is 1. The molecular formula is C49H35NO. The second-order valence-electron chi connectivity index (χ2n) is 15.5. The molecule has 2 heterocycles. The summed E-state index contributed by atoms with van der Waals surface area (Å²) < 4.78 is 9.20. The molecule has 0 amide bonds. The van der Waals surface area contributed by atoms with E-state index in [0.29, 0.717) is 11.8 Å². The molecule has 51 heavy (non-hydrogen) atoms. The molecule has 12 rings (SSSR count). The standard InChI is InChI=1S/C49H35NO/c1-49(2)45-38(39-25-27-41-34-13-6-8-17-43(34)51-48(41)46(39)49)24-26-40-33-12-5-7-16-42(33)50(47(40)45)29-20-18-28(19-21-29)30-22-23-37-32-11-4-3-10-31(32)36-15-9-14-35(30)44(36)37/h3-8,10-13,15-27,35,44H,9,14H2,1-2H3. The topological polar surface area (TPSA) is 18.1 Å². The van der Waals surface area contributed by atoms with E-state index >= 15 is 0 Å². The number of hydrogen-bond acceptors (Lipinski definition) is 1. The van der Waals surface area contributed by atoms with Gasteiger partial charge in [0.15, 0.2) is 0 Å². The Hall–Kier alpha value is -5.86. The Morgan fingerprint density at radius 1 is 0.588 bits per heavy atom. The third-order valence-electron chi connectivity index (χ3n) is 12.7. The van der Waals surface area contributed by atoms with E-state index in [1.807, 2.05) is 0 Å². The van der Waals surface area contributed by atoms with E-state index in [-0.39, 0.29) is 5.41 Å². The highest BCUT2D eigenvalue weighted by atomic mass is 16.3. The maximum Gasteiger partial charge on any atom is 0.140 e. The molecule has 2 unspecified atom stereocenters. The number of hydrogen-bond donors (Lipinski definition) is 0. The molecule has 0 aliphatic heterocycles. The minimum atomic E-state index is -0.272. The summed E-state index contributed by atoms with van der Waals surface area (Å²) in [5.41, 5.74) is 19.4. The van der Waals surface area contributed by atoms with Gasteiger partial charge in [-0.15, -0.1) is 0 Å². The van der Waals surface area contributed by atoms with Gasteiger partial charge in [-0.2, -0.15) is 0 Å². The predicted molar refractivity (Wildman–Crippen MR) is 212 cm³/mol. The molecule has 2 heteroatoms. The lowest BCUT2D eigenvalue weighted by molar-refractivity contribution is 0.537. The number of para-hydroxylation sites is 2. The highest BCUT2D eigenvalue weighted by molar-refractivity contribution is 6.15. The van der Waals surface area contributed by atoms with Crippen LogP contribution in [-0.4, -0.2) is 4.57 Å². The lowest BCUT2D eigenvalue weighted by Crippen LogP contribution is -2.21. The van der Waals surface area contributed by atoms with Crippen molar-refractivity contribution in [2.75, 3.05) is 0 Å². The maximum absolute atomic E-state index is 6.67. The van der Waals surface area contributed by atoms with Crippen molar-refractivity contribution in [1.29, 1.82) is 0 Å². The Morgan fingerprint density at radius 3 is 2.12 bits per heavy atom. The normalized spacial score (nSPS) is 19.5. The van der Waals surface area contributed by atoms with Gasteiger partial charge in [0.25, 0.3) is 0 Å². The molecule has 4 aliphatic carbocycles. The lowest BCUT2D eigenvalue weighted by atomic mass is 9.69. The van der Waals surface area contributed by atoms with Crippen molar-refractivity contribution in [3.63, 3.8) is 0 Å². The van der Waals surface area contributed by atoms with Crippen LogP contribution in [0, 0.1) is 11.8 Å². The maximum atomic E-state index is 6.67.